The molecule has 0 aliphatic rings. The molecule has 0 N–H and O–H groups in total. The third-order valence-electron chi connectivity index (χ3n) is 1.92. The molecule has 0 heterocycles. The third-order valence-corrected chi connectivity index (χ3v) is 1.92. The molecule has 0 aliphatic heterocycles. The van der Waals surface area contributed by atoms with Crippen molar-refractivity contribution in [1.29, 1.82) is 0 Å². The van der Waals surface area contributed by atoms with Crippen LogP contribution in [-0.4, -0.2) is 12.6 Å². The SMILES string of the molecule is CCCCOOC(=O)Cc1ccccc1. The Morgan fingerprint density at radius 1 is 1.27 bits per heavy atom. The first-order valence-corrected chi connectivity index (χ1v) is 5.19. The Morgan fingerprint density at radius 3 is 2.67 bits per heavy atom. The van der Waals surface area contributed by atoms with E-state index in [1.807, 2.05) is 30.3 Å². The van der Waals surface area contributed by atoms with Crippen LogP contribution in [0.5, 0.6) is 0 Å². The summed E-state index contributed by atoms with van der Waals surface area (Å²) in [5, 5.41) is 0. The fourth-order valence-electron chi connectivity index (χ4n) is 1.10. The van der Waals surface area contributed by atoms with Crippen LogP contribution in [0.2, 0.25) is 0 Å². The molecule has 15 heavy (non-hydrogen) atoms. The largest absolute Gasteiger partial charge is 0.346 e. The van der Waals surface area contributed by atoms with Gasteiger partial charge in [-0.2, -0.15) is 4.89 Å². The van der Waals surface area contributed by atoms with Crippen molar-refractivity contribution in [3.05, 3.63) is 35.9 Å². The first kappa shape index (κ1) is 11.7. The molecule has 1 rings (SSSR count). The van der Waals surface area contributed by atoms with E-state index < -0.39 is 0 Å². The lowest BCUT2D eigenvalue weighted by Crippen LogP contribution is -2.09. The molecule has 1 aromatic rings. The molecule has 0 amide bonds. The maximum Gasteiger partial charge on any atom is 0.346 e. The lowest BCUT2D eigenvalue weighted by atomic mass is 10.2. The second-order valence-corrected chi connectivity index (χ2v) is 3.29. The van der Waals surface area contributed by atoms with Crippen LogP contribution < -0.4 is 0 Å². The smallest absolute Gasteiger partial charge is 0.298 e. The molecule has 0 spiro atoms. The highest BCUT2D eigenvalue weighted by Gasteiger charge is 2.04. The highest BCUT2D eigenvalue weighted by Crippen LogP contribution is 2.01. The third kappa shape index (κ3) is 5.18. The van der Waals surface area contributed by atoms with Crippen LogP contribution in [0.1, 0.15) is 25.3 Å². The molecule has 0 radical (unpaired) electrons. The lowest BCUT2D eigenvalue weighted by molar-refractivity contribution is -0.272. The van der Waals surface area contributed by atoms with Crippen LogP contribution in [0.4, 0.5) is 0 Å². The quantitative estimate of drug-likeness (QED) is 0.409. The first-order chi connectivity index (χ1) is 7.33. The molecule has 0 aliphatic carbocycles. The van der Waals surface area contributed by atoms with E-state index in [4.69, 9.17) is 4.89 Å². The van der Waals surface area contributed by atoms with Gasteiger partial charge in [-0.1, -0.05) is 43.7 Å². The van der Waals surface area contributed by atoms with Gasteiger partial charge in [-0.3, -0.25) is 4.89 Å². The van der Waals surface area contributed by atoms with Gasteiger partial charge in [0.15, 0.2) is 0 Å². The summed E-state index contributed by atoms with van der Waals surface area (Å²) >= 11 is 0. The lowest BCUT2D eigenvalue weighted by Gasteiger charge is -2.02. The number of rotatable bonds is 6. The van der Waals surface area contributed by atoms with Gasteiger partial charge in [0.1, 0.15) is 0 Å². The topological polar surface area (TPSA) is 35.5 Å². The van der Waals surface area contributed by atoms with E-state index in [1.165, 1.54) is 0 Å². The first-order valence-electron chi connectivity index (χ1n) is 5.19. The van der Waals surface area contributed by atoms with E-state index in [9.17, 15) is 4.79 Å². The number of unbranched alkanes of at least 4 members (excludes halogenated alkanes) is 1. The molecular weight excluding hydrogens is 192 g/mol. The van der Waals surface area contributed by atoms with Gasteiger partial charge < -0.3 is 0 Å². The second kappa shape index (κ2) is 7.01. The summed E-state index contributed by atoms with van der Waals surface area (Å²) in [7, 11) is 0. The molecule has 0 fully saturated rings. The predicted molar refractivity (Wildman–Crippen MR) is 57.1 cm³/mol. The van der Waals surface area contributed by atoms with Crippen molar-refractivity contribution in [1.82, 2.24) is 0 Å². The van der Waals surface area contributed by atoms with Crippen molar-refractivity contribution in [3.63, 3.8) is 0 Å². The summed E-state index contributed by atoms with van der Waals surface area (Å²) in [6.45, 7) is 2.52. The molecule has 3 nitrogen and oxygen atoms in total. The fourth-order valence-corrected chi connectivity index (χ4v) is 1.10. The van der Waals surface area contributed by atoms with E-state index in [1.54, 1.807) is 0 Å². The monoisotopic (exact) mass is 208 g/mol. The van der Waals surface area contributed by atoms with E-state index in [2.05, 4.69) is 11.8 Å². The molecule has 3 heteroatoms. The average molecular weight is 208 g/mol. The highest BCUT2D eigenvalue weighted by molar-refractivity contribution is 5.71. The summed E-state index contributed by atoms with van der Waals surface area (Å²) in [4.78, 5) is 20.6. The Bertz CT molecular complexity index is 282. The van der Waals surface area contributed by atoms with E-state index >= 15 is 0 Å². The molecule has 0 saturated carbocycles. The zero-order valence-corrected chi connectivity index (χ0v) is 8.94. The number of hydrogen-bond acceptors (Lipinski definition) is 3. The molecular formula is C12H16O3. The van der Waals surface area contributed by atoms with Gasteiger partial charge in [0.05, 0.1) is 13.0 Å². The van der Waals surface area contributed by atoms with E-state index in [0.717, 1.165) is 18.4 Å². The van der Waals surface area contributed by atoms with Crippen molar-refractivity contribution in [2.24, 2.45) is 0 Å². The molecule has 1 aromatic carbocycles. The fraction of sp³-hybridized carbons (Fsp3) is 0.417. The van der Waals surface area contributed by atoms with Gasteiger partial charge in [-0.05, 0) is 12.0 Å². The van der Waals surface area contributed by atoms with Crippen LogP contribution in [-0.2, 0) is 21.0 Å². The zero-order chi connectivity index (χ0) is 10.9. The number of hydrogen-bond donors (Lipinski definition) is 0. The zero-order valence-electron chi connectivity index (χ0n) is 8.94. The van der Waals surface area contributed by atoms with Crippen molar-refractivity contribution in [2.45, 2.75) is 26.2 Å². The van der Waals surface area contributed by atoms with Crippen molar-refractivity contribution in [3.8, 4) is 0 Å². The van der Waals surface area contributed by atoms with Gasteiger partial charge in [0.2, 0.25) is 0 Å². The second-order valence-electron chi connectivity index (χ2n) is 3.29. The minimum atomic E-state index is -0.350. The van der Waals surface area contributed by atoms with Crippen LogP contribution >= 0.6 is 0 Å². The Balaban J connectivity index is 2.19. The highest BCUT2D eigenvalue weighted by atomic mass is 17.2. The normalized spacial score (nSPS) is 9.93. The Morgan fingerprint density at radius 2 is 2.00 bits per heavy atom. The Hall–Kier alpha value is -1.35. The molecule has 82 valence electrons. The summed E-state index contributed by atoms with van der Waals surface area (Å²) in [5.74, 6) is -0.350. The summed E-state index contributed by atoms with van der Waals surface area (Å²) in [6, 6.07) is 9.45. The summed E-state index contributed by atoms with van der Waals surface area (Å²) in [6.07, 6.45) is 2.18. The summed E-state index contributed by atoms with van der Waals surface area (Å²) in [5.41, 5.74) is 0.932. The van der Waals surface area contributed by atoms with Crippen LogP contribution in [0.3, 0.4) is 0 Å². The maximum absolute atomic E-state index is 11.2. The minimum Gasteiger partial charge on any atom is -0.298 e. The number of benzene rings is 1. The molecule has 0 unspecified atom stereocenters. The van der Waals surface area contributed by atoms with Gasteiger partial charge in [-0.15, -0.1) is 0 Å². The van der Waals surface area contributed by atoms with Gasteiger partial charge >= 0.3 is 5.97 Å². The van der Waals surface area contributed by atoms with Crippen LogP contribution in [0, 0.1) is 0 Å². The maximum atomic E-state index is 11.2. The average Bonchev–Trinajstić information content (AvgIpc) is 2.26. The number of carbonyl (C=O) groups excluding carboxylic acids is 1. The van der Waals surface area contributed by atoms with Crippen molar-refractivity contribution < 1.29 is 14.6 Å². The Kier molecular flexibility index (Phi) is 5.48. The van der Waals surface area contributed by atoms with Crippen LogP contribution in [0.15, 0.2) is 30.3 Å². The van der Waals surface area contributed by atoms with Gasteiger partial charge in [0.25, 0.3) is 0 Å². The summed E-state index contributed by atoms with van der Waals surface area (Å²) < 4.78 is 0. The van der Waals surface area contributed by atoms with Gasteiger partial charge in [0, 0.05) is 0 Å². The Labute approximate surface area is 89.9 Å². The van der Waals surface area contributed by atoms with Gasteiger partial charge in [-0.25, -0.2) is 4.79 Å². The van der Waals surface area contributed by atoms with E-state index in [-0.39, 0.29) is 12.4 Å². The van der Waals surface area contributed by atoms with Crippen molar-refractivity contribution >= 4 is 5.97 Å². The van der Waals surface area contributed by atoms with Crippen molar-refractivity contribution in [2.75, 3.05) is 6.61 Å². The molecule has 0 aromatic heterocycles. The van der Waals surface area contributed by atoms with E-state index in [0.29, 0.717) is 6.61 Å². The number of carbonyl (C=O) groups is 1. The standard InChI is InChI=1S/C12H16O3/c1-2-3-9-14-15-12(13)10-11-7-5-4-6-8-11/h4-8H,2-3,9-10H2,1H3. The predicted octanol–water partition coefficient (Wildman–Crippen LogP) is 2.50. The molecule has 0 atom stereocenters. The molecule has 0 bridgehead atoms. The minimum absolute atomic E-state index is 0.257. The molecule has 0 saturated heterocycles. The van der Waals surface area contributed by atoms with Crippen LogP contribution in [0.25, 0.3) is 0 Å².